The quantitative estimate of drug-likeness (QED) is 0.853. The number of aromatic nitrogens is 1. The zero-order valence-corrected chi connectivity index (χ0v) is 12.2. The summed E-state index contributed by atoms with van der Waals surface area (Å²) in [6.45, 7) is 9.11. The number of rotatable bonds is 4. The van der Waals surface area contributed by atoms with E-state index in [1.165, 1.54) is 0 Å². The van der Waals surface area contributed by atoms with Gasteiger partial charge in [-0.3, -0.25) is 4.98 Å². The van der Waals surface area contributed by atoms with Crippen molar-refractivity contribution in [2.75, 3.05) is 0 Å². The number of ether oxygens (including phenoxy) is 1. The Bertz CT molecular complexity index is 455. The van der Waals surface area contributed by atoms with Crippen molar-refractivity contribution >= 4 is 17.7 Å². The van der Waals surface area contributed by atoms with E-state index in [0.29, 0.717) is 17.1 Å². The van der Waals surface area contributed by atoms with Gasteiger partial charge < -0.3 is 10.1 Å². The van der Waals surface area contributed by atoms with E-state index in [2.05, 4.69) is 16.9 Å². The fourth-order valence-electron chi connectivity index (χ4n) is 1.48. The molecule has 0 fully saturated rings. The van der Waals surface area contributed by atoms with Crippen LogP contribution in [0.1, 0.15) is 38.9 Å². The molecule has 1 amide bonds. The number of carbonyl (C=O) groups is 1. The molecule has 0 saturated carbocycles. The lowest BCUT2D eigenvalue weighted by molar-refractivity contribution is 0.0503. The van der Waals surface area contributed by atoms with Gasteiger partial charge in [-0.15, -0.1) is 6.58 Å². The predicted octanol–water partition coefficient (Wildman–Crippen LogP) is 3.88. The summed E-state index contributed by atoms with van der Waals surface area (Å²) in [5, 5.41) is 3.34. The summed E-state index contributed by atoms with van der Waals surface area (Å²) in [4.78, 5) is 16.0. The van der Waals surface area contributed by atoms with Gasteiger partial charge in [0.25, 0.3) is 0 Å². The molecule has 5 heteroatoms. The number of hydrogen-bond acceptors (Lipinski definition) is 3. The van der Waals surface area contributed by atoms with Crippen LogP contribution in [0.5, 0.6) is 0 Å². The topological polar surface area (TPSA) is 51.2 Å². The van der Waals surface area contributed by atoms with Crippen molar-refractivity contribution in [1.82, 2.24) is 10.3 Å². The lowest BCUT2D eigenvalue weighted by Gasteiger charge is -2.23. The molecule has 0 aliphatic carbocycles. The van der Waals surface area contributed by atoms with Crippen LogP contribution < -0.4 is 5.32 Å². The number of halogens is 1. The van der Waals surface area contributed by atoms with E-state index in [1.807, 2.05) is 20.8 Å². The van der Waals surface area contributed by atoms with Gasteiger partial charge in [-0.1, -0.05) is 17.7 Å². The van der Waals surface area contributed by atoms with Crippen molar-refractivity contribution in [3.8, 4) is 0 Å². The molecule has 0 bridgehead atoms. The van der Waals surface area contributed by atoms with Gasteiger partial charge in [0, 0.05) is 11.2 Å². The number of carbonyl (C=O) groups excluding carboxylic acids is 1. The maximum absolute atomic E-state index is 11.8. The minimum absolute atomic E-state index is 0.300. The van der Waals surface area contributed by atoms with E-state index < -0.39 is 11.7 Å². The second-order valence-electron chi connectivity index (χ2n) is 5.12. The molecule has 104 valence electrons. The number of amides is 1. The van der Waals surface area contributed by atoms with Crippen molar-refractivity contribution in [3.63, 3.8) is 0 Å². The summed E-state index contributed by atoms with van der Waals surface area (Å²) >= 11 is 5.92. The zero-order chi connectivity index (χ0) is 14.5. The van der Waals surface area contributed by atoms with Crippen molar-refractivity contribution in [2.45, 2.75) is 38.8 Å². The van der Waals surface area contributed by atoms with Crippen LogP contribution in [0, 0.1) is 0 Å². The van der Waals surface area contributed by atoms with Crippen LogP contribution in [0.4, 0.5) is 4.79 Å². The SMILES string of the molecule is C=CCC(NC(=O)OC(C)(C)C)c1cc(Cl)ccn1. The molecular formula is C14H19ClN2O2. The first-order valence-electron chi connectivity index (χ1n) is 6.03. The summed E-state index contributed by atoms with van der Waals surface area (Å²) in [6, 6.07) is 3.10. The van der Waals surface area contributed by atoms with E-state index in [-0.39, 0.29) is 6.04 Å². The van der Waals surface area contributed by atoms with Gasteiger partial charge in [0.2, 0.25) is 0 Å². The third-order valence-corrected chi connectivity index (χ3v) is 2.43. The molecular weight excluding hydrogens is 264 g/mol. The molecule has 1 N–H and O–H groups in total. The Labute approximate surface area is 118 Å². The molecule has 19 heavy (non-hydrogen) atoms. The summed E-state index contributed by atoms with van der Waals surface area (Å²) in [7, 11) is 0. The largest absolute Gasteiger partial charge is 0.444 e. The Hall–Kier alpha value is -1.55. The highest BCUT2D eigenvalue weighted by Crippen LogP contribution is 2.19. The first-order chi connectivity index (χ1) is 8.81. The highest BCUT2D eigenvalue weighted by Gasteiger charge is 2.20. The molecule has 0 saturated heterocycles. The Morgan fingerprint density at radius 2 is 2.32 bits per heavy atom. The van der Waals surface area contributed by atoms with Gasteiger partial charge in [0.1, 0.15) is 5.60 Å². The number of nitrogens with one attached hydrogen (secondary N) is 1. The number of alkyl carbamates (subject to hydrolysis) is 1. The van der Waals surface area contributed by atoms with Crippen molar-refractivity contribution in [1.29, 1.82) is 0 Å². The summed E-state index contributed by atoms with van der Waals surface area (Å²) in [5.74, 6) is 0. The molecule has 0 radical (unpaired) electrons. The average molecular weight is 283 g/mol. The smallest absolute Gasteiger partial charge is 0.408 e. The Balaban J connectivity index is 2.78. The monoisotopic (exact) mass is 282 g/mol. The van der Waals surface area contributed by atoms with Gasteiger partial charge in [-0.2, -0.15) is 0 Å². The molecule has 0 aromatic carbocycles. The van der Waals surface area contributed by atoms with E-state index in [4.69, 9.17) is 16.3 Å². The van der Waals surface area contributed by atoms with E-state index in [1.54, 1.807) is 24.4 Å². The highest BCUT2D eigenvalue weighted by molar-refractivity contribution is 6.30. The van der Waals surface area contributed by atoms with E-state index >= 15 is 0 Å². The number of nitrogens with zero attached hydrogens (tertiary/aromatic N) is 1. The van der Waals surface area contributed by atoms with Crippen LogP contribution in [-0.2, 0) is 4.74 Å². The molecule has 0 aliphatic rings. The van der Waals surface area contributed by atoms with Gasteiger partial charge in [0.05, 0.1) is 11.7 Å². The van der Waals surface area contributed by atoms with Crippen molar-refractivity contribution in [3.05, 3.63) is 41.7 Å². The highest BCUT2D eigenvalue weighted by atomic mass is 35.5. The molecule has 1 aromatic rings. The Morgan fingerprint density at radius 3 is 2.84 bits per heavy atom. The van der Waals surface area contributed by atoms with Gasteiger partial charge in [0.15, 0.2) is 0 Å². The minimum atomic E-state index is -0.537. The summed E-state index contributed by atoms with van der Waals surface area (Å²) in [5.41, 5.74) is 0.142. The third-order valence-electron chi connectivity index (χ3n) is 2.19. The third kappa shape index (κ3) is 5.75. The summed E-state index contributed by atoms with van der Waals surface area (Å²) in [6.07, 6.45) is 3.38. The van der Waals surface area contributed by atoms with Crippen LogP contribution in [0.2, 0.25) is 5.02 Å². The lowest BCUT2D eigenvalue weighted by Crippen LogP contribution is -2.35. The fraction of sp³-hybridized carbons (Fsp3) is 0.429. The predicted molar refractivity (Wildman–Crippen MR) is 76.2 cm³/mol. The first kappa shape index (κ1) is 15.5. The molecule has 1 rings (SSSR count). The standard InChI is InChI=1S/C14H19ClN2O2/c1-5-6-11(12-9-10(15)7-8-16-12)17-13(18)19-14(2,3)4/h5,7-9,11H,1,6H2,2-4H3,(H,17,18). The minimum Gasteiger partial charge on any atom is -0.444 e. The maximum atomic E-state index is 11.8. The van der Waals surface area contributed by atoms with Crippen molar-refractivity contribution in [2.24, 2.45) is 0 Å². The lowest BCUT2D eigenvalue weighted by atomic mass is 10.1. The van der Waals surface area contributed by atoms with Gasteiger partial charge in [-0.25, -0.2) is 4.79 Å². The Kier molecular flexibility index (Phi) is 5.36. The average Bonchev–Trinajstić information content (AvgIpc) is 2.26. The van der Waals surface area contributed by atoms with Crippen LogP contribution in [0.15, 0.2) is 31.0 Å². The molecule has 1 unspecified atom stereocenters. The molecule has 1 atom stereocenters. The second kappa shape index (κ2) is 6.57. The van der Waals surface area contributed by atoms with Gasteiger partial charge >= 0.3 is 6.09 Å². The normalized spacial score (nSPS) is 12.6. The molecule has 4 nitrogen and oxygen atoms in total. The van der Waals surface area contributed by atoms with E-state index in [0.717, 1.165) is 0 Å². The van der Waals surface area contributed by atoms with Crippen LogP contribution >= 0.6 is 11.6 Å². The fourth-order valence-corrected chi connectivity index (χ4v) is 1.65. The molecule has 0 spiro atoms. The van der Waals surface area contributed by atoms with Crippen LogP contribution in [0.3, 0.4) is 0 Å². The van der Waals surface area contributed by atoms with Crippen molar-refractivity contribution < 1.29 is 9.53 Å². The summed E-state index contributed by atoms with van der Waals surface area (Å²) < 4.78 is 5.22. The maximum Gasteiger partial charge on any atom is 0.408 e. The zero-order valence-electron chi connectivity index (χ0n) is 11.4. The van der Waals surface area contributed by atoms with Crippen LogP contribution in [-0.4, -0.2) is 16.7 Å². The van der Waals surface area contributed by atoms with Gasteiger partial charge in [-0.05, 0) is 39.3 Å². The second-order valence-corrected chi connectivity index (χ2v) is 5.56. The molecule has 0 aliphatic heterocycles. The van der Waals surface area contributed by atoms with E-state index in [9.17, 15) is 4.79 Å². The number of pyridine rings is 1. The molecule has 1 aromatic heterocycles. The number of hydrogen-bond donors (Lipinski definition) is 1. The first-order valence-corrected chi connectivity index (χ1v) is 6.41. The molecule has 1 heterocycles. The van der Waals surface area contributed by atoms with Crippen LogP contribution in [0.25, 0.3) is 0 Å². The Morgan fingerprint density at radius 1 is 1.63 bits per heavy atom.